The summed E-state index contributed by atoms with van der Waals surface area (Å²) in [5, 5.41) is 11.3. The number of nitrogens with zero attached hydrogens (tertiary/aromatic N) is 1. The molecule has 2 aromatic heterocycles. The Morgan fingerprint density at radius 1 is 1.43 bits per heavy atom. The van der Waals surface area contributed by atoms with E-state index in [9.17, 15) is 9.59 Å². The van der Waals surface area contributed by atoms with Gasteiger partial charge in [0.15, 0.2) is 0 Å². The minimum absolute atomic E-state index is 0.171. The molecule has 1 saturated carbocycles. The SMILES string of the molecule is O=C(/C=C/c1ccc(C(=O)O)o1)Nc1ncc(C2CC2)[nH]1. The fourth-order valence-electron chi connectivity index (χ4n) is 1.87. The van der Waals surface area contributed by atoms with E-state index >= 15 is 0 Å². The van der Waals surface area contributed by atoms with Crippen LogP contribution in [0, 0.1) is 0 Å². The van der Waals surface area contributed by atoms with Gasteiger partial charge in [0, 0.05) is 17.7 Å². The summed E-state index contributed by atoms with van der Waals surface area (Å²) in [4.78, 5) is 29.5. The van der Waals surface area contributed by atoms with Crippen LogP contribution >= 0.6 is 0 Å². The van der Waals surface area contributed by atoms with E-state index < -0.39 is 5.97 Å². The molecule has 3 N–H and O–H groups in total. The molecule has 2 aromatic rings. The van der Waals surface area contributed by atoms with Crippen LogP contribution in [0.4, 0.5) is 5.95 Å². The van der Waals surface area contributed by atoms with Crippen LogP contribution in [0.5, 0.6) is 0 Å². The van der Waals surface area contributed by atoms with E-state index in [4.69, 9.17) is 9.52 Å². The molecule has 108 valence electrons. The zero-order chi connectivity index (χ0) is 14.8. The first-order chi connectivity index (χ1) is 10.1. The number of rotatable bonds is 5. The van der Waals surface area contributed by atoms with Crippen molar-refractivity contribution in [1.29, 1.82) is 0 Å². The van der Waals surface area contributed by atoms with Gasteiger partial charge in [0.1, 0.15) is 5.76 Å². The van der Waals surface area contributed by atoms with Crippen molar-refractivity contribution < 1.29 is 19.1 Å². The van der Waals surface area contributed by atoms with Crippen LogP contribution in [0.3, 0.4) is 0 Å². The van der Waals surface area contributed by atoms with Crippen molar-refractivity contribution in [3.63, 3.8) is 0 Å². The fourth-order valence-corrected chi connectivity index (χ4v) is 1.87. The monoisotopic (exact) mass is 287 g/mol. The van der Waals surface area contributed by atoms with E-state index in [1.165, 1.54) is 24.3 Å². The summed E-state index contributed by atoms with van der Waals surface area (Å²) in [6.07, 6.45) is 6.68. The van der Waals surface area contributed by atoms with Gasteiger partial charge in [-0.25, -0.2) is 9.78 Å². The van der Waals surface area contributed by atoms with Crippen LogP contribution in [0.15, 0.2) is 28.8 Å². The smallest absolute Gasteiger partial charge is 0.371 e. The van der Waals surface area contributed by atoms with E-state index in [2.05, 4.69) is 15.3 Å². The highest BCUT2D eigenvalue weighted by molar-refractivity contribution is 6.00. The molecule has 1 fully saturated rings. The molecule has 3 rings (SSSR count). The fraction of sp³-hybridized carbons (Fsp3) is 0.214. The lowest BCUT2D eigenvalue weighted by molar-refractivity contribution is -0.111. The number of aromatic amines is 1. The number of hydrogen-bond acceptors (Lipinski definition) is 4. The van der Waals surface area contributed by atoms with Crippen LogP contribution in [-0.4, -0.2) is 27.0 Å². The van der Waals surface area contributed by atoms with Crippen LogP contribution in [0.2, 0.25) is 0 Å². The van der Waals surface area contributed by atoms with Gasteiger partial charge in [-0.15, -0.1) is 0 Å². The Balaban J connectivity index is 1.59. The number of furan rings is 1. The summed E-state index contributed by atoms with van der Waals surface area (Å²) in [5.74, 6) is -0.466. The van der Waals surface area contributed by atoms with Gasteiger partial charge in [-0.3, -0.25) is 10.1 Å². The molecule has 0 radical (unpaired) electrons. The van der Waals surface area contributed by atoms with Gasteiger partial charge < -0.3 is 14.5 Å². The third kappa shape index (κ3) is 3.19. The van der Waals surface area contributed by atoms with E-state index in [0.29, 0.717) is 17.6 Å². The molecular weight excluding hydrogens is 274 g/mol. The summed E-state index contributed by atoms with van der Waals surface area (Å²) in [6.45, 7) is 0. The molecule has 7 nitrogen and oxygen atoms in total. The molecule has 0 aromatic carbocycles. The van der Waals surface area contributed by atoms with Crippen LogP contribution in [-0.2, 0) is 4.79 Å². The van der Waals surface area contributed by atoms with Crippen LogP contribution < -0.4 is 5.32 Å². The molecule has 21 heavy (non-hydrogen) atoms. The van der Waals surface area contributed by atoms with Crippen molar-refractivity contribution in [2.45, 2.75) is 18.8 Å². The van der Waals surface area contributed by atoms with Gasteiger partial charge in [-0.2, -0.15) is 0 Å². The number of carbonyl (C=O) groups is 2. The van der Waals surface area contributed by atoms with E-state index in [1.807, 2.05) is 0 Å². The molecule has 0 aliphatic heterocycles. The second kappa shape index (κ2) is 5.28. The predicted molar refractivity (Wildman–Crippen MR) is 73.9 cm³/mol. The number of aromatic carboxylic acids is 1. The van der Waals surface area contributed by atoms with E-state index in [1.54, 1.807) is 6.20 Å². The number of imidazole rings is 1. The predicted octanol–water partition coefficient (Wildman–Crippen LogP) is 2.23. The quantitative estimate of drug-likeness (QED) is 0.731. The Morgan fingerprint density at radius 2 is 2.24 bits per heavy atom. The maximum Gasteiger partial charge on any atom is 0.371 e. The van der Waals surface area contributed by atoms with Gasteiger partial charge in [0.25, 0.3) is 5.91 Å². The third-order valence-electron chi connectivity index (χ3n) is 3.09. The van der Waals surface area contributed by atoms with Gasteiger partial charge >= 0.3 is 5.97 Å². The number of hydrogen-bond donors (Lipinski definition) is 3. The molecule has 7 heteroatoms. The van der Waals surface area contributed by atoms with Gasteiger partial charge in [-0.05, 0) is 31.1 Å². The topological polar surface area (TPSA) is 108 Å². The second-order valence-corrected chi connectivity index (χ2v) is 4.79. The first-order valence-corrected chi connectivity index (χ1v) is 6.49. The summed E-state index contributed by atoms with van der Waals surface area (Å²) >= 11 is 0. The maximum atomic E-state index is 11.7. The molecule has 2 heterocycles. The number of carboxylic acid groups (broad SMARTS) is 1. The molecular formula is C14H13N3O4. The number of aromatic nitrogens is 2. The standard InChI is InChI=1S/C14H13N3O4/c18-12(6-4-9-3-5-11(21-9)13(19)20)17-14-15-7-10(16-14)8-1-2-8/h3-8H,1-2H2,(H,19,20)(H2,15,16,17,18)/b6-4+. The zero-order valence-corrected chi connectivity index (χ0v) is 11.0. The second-order valence-electron chi connectivity index (χ2n) is 4.79. The molecule has 0 unspecified atom stereocenters. The Morgan fingerprint density at radius 3 is 2.90 bits per heavy atom. The number of nitrogens with one attached hydrogen (secondary N) is 2. The van der Waals surface area contributed by atoms with E-state index in [-0.39, 0.29) is 11.7 Å². The first-order valence-electron chi connectivity index (χ1n) is 6.49. The van der Waals surface area contributed by atoms with Crippen molar-refractivity contribution in [3.8, 4) is 0 Å². The lowest BCUT2D eigenvalue weighted by atomic mass is 10.3. The summed E-state index contributed by atoms with van der Waals surface area (Å²) < 4.78 is 5.00. The Kier molecular flexibility index (Phi) is 3.31. The summed E-state index contributed by atoms with van der Waals surface area (Å²) in [6, 6.07) is 2.81. The van der Waals surface area contributed by atoms with Crippen molar-refractivity contribution in [2.75, 3.05) is 5.32 Å². The lowest BCUT2D eigenvalue weighted by Crippen LogP contribution is -2.09. The number of anilines is 1. The van der Waals surface area contributed by atoms with Crippen LogP contribution in [0.1, 0.15) is 40.8 Å². The average molecular weight is 287 g/mol. The summed E-state index contributed by atoms with van der Waals surface area (Å²) in [5.41, 5.74) is 1.03. The number of H-pyrrole nitrogens is 1. The molecule has 0 atom stereocenters. The largest absolute Gasteiger partial charge is 0.475 e. The average Bonchev–Trinajstić information content (AvgIpc) is 3.00. The number of carboxylic acids is 1. The molecule has 1 aliphatic rings. The van der Waals surface area contributed by atoms with Crippen molar-refractivity contribution in [2.24, 2.45) is 0 Å². The highest BCUT2D eigenvalue weighted by Gasteiger charge is 2.25. The number of carbonyl (C=O) groups excluding carboxylic acids is 1. The van der Waals surface area contributed by atoms with Crippen molar-refractivity contribution >= 4 is 23.9 Å². The lowest BCUT2D eigenvalue weighted by Gasteiger charge is -1.96. The first kappa shape index (κ1) is 13.2. The van der Waals surface area contributed by atoms with Gasteiger partial charge in [-0.1, -0.05) is 0 Å². The van der Waals surface area contributed by atoms with E-state index in [0.717, 1.165) is 18.5 Å². The van der Waals surface area contributed by atoms with Crippen LogP contribution in [0.25, 0.3) is 6.08 Å². The Hall–Kier alpha value is -2.83. The Labute approximate surface area is 119 Å². The normalized spacial score (nSPS) is 14.5. The molecule has 0 bridgehead atoms. The van der Waals surface area contributed by atoms with Gasteiger partial charge in [0.2, 0.25) is 11.7 Å². The number of amides is 1. The Bertz CT molecular complexity index is 709. The summed E-state index contributed by atoms with van der Waals surface area (Å²) in [7, 11) is 0. The minimum atomic E-state index is -1.15. The molecule has 0 spiro atoms. The van der Waals surface area contributed by atoms with Gasteiger partial charge in [0.05, 0.1) is 6.20 Å². The minimum Gasteiger partial charge on any atom is -0.475 e. The maximum absolute atomic E-state index is 11.7. The molecule has 1 aliphatic carbocycles. The zero-order valence-electron chi connectivity index (χ0n) is 11.0. The molecule has 1 amide bonds. The highest BCUT2D eigenvalue weighted by Crippen LogP contribution is 2.39. The highest BCUT2D eigenvalue weighted by atomic mass is 16.4. The van der Waals surface area contributed by atoms with Crippen molar-refractivity contribution in [3.05, 3.63) is 41.6 Å². The molecule has 0 saturated heterocycles. The van der Waals surface area contributed by atoms with Crippen molar-refractivity contribution in [1.82, 2.24) is 9.97 Å². The third-order valence-corrected chi connectivity index (χ3v) is 3.09.